The van der Waals surface area contributed by atoms with Gasteiger partial charge in [0, 0.05) is 5.57 Å². The van der Waals surface area contributed by atoms with Crippen LogP contribution in [0.3, 0.4) is 0 Å². The molecule has 0 aliphatic heterocycles. The Hall–Kier alpha value is -0.790. The van der Waals surface area contributed by atoms with Gasteiger partial charge in [-0.15, -0.1) is 0 Å². The second-order valence-corrected chi connectivity index (χ2v) is 4.55. The zero-order valence-electron chi connectivity index (χ0n) is 10.3. The normalized spacial score (nSPS) is 12.1. The van der Waals surface area contributed by atoms with E-state index in [1.165, 1.54) is 0 Å². The van der Waals surface area contributed by atoms with Gasteiger partial charge in [0.15, 0.2) is 0 Å². The van der Waals surface area contributed by atoms with Gasteiger partial charge >= 0.3 is 5.97 Å². The Balaban J connectivity index is 3.46. The predicted molar refractivity (Wildman–Crippen MR) is 67.4 cm³/mol. The number of unbranched alkanes of at least 4 members (excludes halogenated alkanes) is 5. The molecule has 0 saturated heterocycles. The van der Waals surface area contributed by atoms with Crippen molar-refractivity contribution in [2.75, 3.05) is 6.67 Å². The van der Waals surface area contributed by atoms with Crippen LogP contribution in [0.4, 0.5) is 4.39 Å². The van der Waals surface area contributed by atoms with Crippen LogP contribution in [-0.2, 0) is 20.9 Å². The van der Waals surface area contributed by atoms with E-state index in [1.807, 2.05) is 0 Å². The summed E-state index contributed by atoms with van der Waals surface area (Å²) in [5.74, 6) is -0.727. The maximum Gasteiger partial charge on any atom is 0.353 e. The molecule has 1 atom stereocenters. The summed E-state index contributed by atoms with van der Waals surface area (Å²) < 4.78 is 30.3. The molecule has 0 aliphatic rings. The van der Waals surface area contributed by atoms with Crippen molar-refractivity contribution in [3.05, 3.63) is 12.2 Å². The number of rotatable bonds is 11. The smallest absolute Gasteiger partial charge is 0.352 e. The molecule has 0 aromatic heterocycles. The molecule has 0 saturated carbocycles. The highest BCUT2D eigenvalue weighted by molar-refractivity contribution is 7.76. The minimum absolute atomic E-state index is 0.261. The van der Waals surface area contributed by atoms with Crippen molar-refractivity contribution >= 4 is 17.2 Å². The van der Waals surface area contributed by atoms with E-state index < -0.39 is 17.2 Å². The summed E-state index contributed by atoms with van der Waals surface area (Å²) in [6.07, 6.45) is 5.73. The zero-order chi connectivity index (χ0) is 13.8. The Bertz CT molecular complexity index is 286. The van der Waals surface area contributed by atoms with E-state index in [0.29, 0.717) is 12.8 Å². The molecule has 1 unspecified atom stereocenters. The van der Waals surface area contributed by atoms with Crippen molar-refractivity contribution in [2.45, 2.75) is 44.9 Å². The fourth-order valence-electron chi connectivity index (χ4n) is 1.39. The molecule has 2 N–H and O–H groups in total. The van der Waals surface area contributed by atoms with Gasteiger partial charge in [0.25, 0.3) is 11.3 Å². The van der Waals surface area contributed by atoms with Crippen LogP contribution < -0.4 is 4.89 Å². The molecule has 5 nitrogen and oxygen atoms in total. The molecule has 0 heterocycles. The first-order chi connectivity index (χ1) is 8.57. The average Bonchev–Trinajstić information content (AvgIpc) is 2.34. The topological polar surface area (TPSA) is 75.6 Å². The van der Waals surface area contributed by atoms with Crippen LogP contribution in [0, 0.1) is 0 Å². The van der Waals surface area contributed by atoms with Gasteiger partial charge < -0.3 is 4.84 Å². The van der Waals surface area contributed by atoms with Crippen molar-refractivity contribution in [1.29, 1.82) is 0 Å². The maximum atomic E-state index is 11.8. The van der Waals surface area contributed by atoms with E-state index in [4.69, 9.17) is 4.55 Å². The van der Waals surface area contributed by atoms with Gasteiger partial charge in [-0.05, 0) is 24.1 Å². The Labute approximate surface area is 109 Å². The highest BCUT2D eigenvalue weighted by atomic mass is 32.2. The van der Waals surface area contributed by atoms with Gasteiger partial charge in [-0.25, -0.2) is 9.00 Å². The minimum atomic E-state index is -2.38. The summed E-state index contributed by atoms with van der Waals surface area (Å²) in [7, 11) is 0. The van der Waals surface area contributed by atoms with Gasteiger partial charge in [0.05, 0.1) is 6.67 Å². The molecule has 18 heavy (non-hydrogen) atoms. The molecular formula is C11H20FNO4S. The van der Waals surface area contributed by atoms with Crippen molar-refractivity contribution < 1.29 is 22.8 Å². The van der Waals surface area contributed by atoms with Crippen LogP contribution in [0.15, 0.2) is 12.2 Å². The maximum absolute atomic E-state index is 11.8. The van der Waals surface area contributed by atoms with E-state index in [0.717, 1.165) is 32.1 Å². The Morgan fingerprint density at radius 3 is 2.33 bits per heavy atom. The summed E-state index contributed by atoms with van der Waals surface area (Å²) in [6, 6.07) is 0. The van der Waals surface area contributed by atoms with Crippen LogP contribution in [0.5, 0.6) is 0 Å². The summed E-state index contributed by atoms with van der Waals surface area (Å²) in [5, 5.41) is 0. The summed E-state index contributed by atoms with van der Waals surface area (Å²) in [4.78, 5) is 17.1. The third-order valence-corrected chi connectivity index (χ3v) is 2.58. The number of halogens is 1. The molecule has 0 aromatic rings. The first-order valence-electron chi connectivity index (χ1n) is 5.89. The average molecular weight is 281 g/mol. The summed E-state index contributed by atoms with van der Waals surface area (Å²) in [6.45, 7) is 3.27. The number of hydrogen-bond acceptors (Lipinski definition) is 3. The molecule has 0 aliphatic carbocycles. The molecule has 7 heteroatoms. The quantitative estimate of drug-likeness (QED) is 0.264. The van der Waals surface area contributed by atoms with Crippen molar-refractivity contribution in [2.24, 2.45) is 0 Å². The first kappa shape index (κ1) is 17.2. The largest absolute Gasteiger partial charge is 0.353 e. The molecule has 0 aromatic carbocycles. The van der Waals surface area contributed by atoms with Crippen LogP contribution in [-0.4, -0.2) is 21.4 Å². The van der Waals surface area contributed by atoms with Crippen molar-refractivity contribution in [3.8, 4) is 0 Å². The Morgan fingerprint density at radius 2 is 1.78 bits per heavy atom. The predicted octanol–water partition coefficient (Wildman–Crippen LogP) is 2.43. The van der Waals surface area contributed by atoms with E-state index in [2.05, 4.69) is 11.4 Å². The second-order valence-electron chi connectivity index (χ2n) is 3.89. The summed E-state index contributed by atoms with van der Waals surface area (Å²) in [5.41, 5.74) is 0.261. The number of carbonyl (C=O) groups excluding carboxylic acids is 1. The van der Waals surface area contributed by atoms with E-state index in [1.54, 1.807) is 4.89 Å². The van der Waals surface area contributed by atoms with Gasteiger partial charge in [-0.2, -0.15) is 0 Å². The Kier molecular flexibility index (Phi) is 10.8. The van der Waals surface area contributed by atoms with Gasteiger partial charge in [0.2, 0.25) is 0 Å². The van der Waals surface area contributed by atoms with Crippen LogP contribution in [0.2, 0.25) is 0 Å². The number of alkyl halides is 1. The van der Waals surface area contributed by atoms with Crippen molar-refractivity contribution in [1.82, 2.24) is 4.89 Å². The van der Waals surface area contributed by atoms with E-state index >= 15 is 0 Å². The van der Waals surface area contributed by atoms with Crippen molar-refractivity contribution in [3.63, 3.8) is 0 Å². The fourth-order valence-corrected chi connectivity index (χ4v) is 1.53. The lowest BCUT2D eigenvalue weighted by Crippen LogP contribution is -2.22. The zero-order valence-corrected chi connectivity index (χ0v) is 11.1. The lowest BCUT2D eigenvalue weighted by atomic mass is 10.1. The highest BCUT2D eigenvalue weighted by Gasteiger charge is 2.09. The lowest BCUT2D eigenvalue weighted by Gasteiger charge is -2.05. The van der Waals surface area contributed by atoms with E-state index in [9.17, 15) is 13.4 Å². The SMILES string of the molecule is C=C(CCCCCCCCF)C(=O)ONS(=O)O. The summed E-state index contributed by atoms with van der Waals surface area (Å²) >= 11 is -2.38. The molecule has 0 rings (SSSR count). The second kappa shape index (κ2) is 11.3. The standard InChI is InChI=1S/C11H20FNO4S/c1-10(11(14)17-13-18(15)16)8-6-4-2-3-5-7-9-12/h13H,1-9H2,(H,15,16). The van der Waals surface area contributed by atoms with Crippen LogP contribution in [0.25, 0.3) is 0 Å². The van der Waals surface area contributed by atoms with Crippen LogP contribution in [0.1, 0.15) is 44.9 Å². The number of carbonyl (C=O) groups is 1. The van der Waals surface area contributed by atoms with Gasteiger partial charge in [-0.3, -0.25) is 8.94 Å². The molecule has 0 spiro atoms. The van der Waals surface area contributed by atoms with E-state index in [-0.39, 0.29) is 12.2 Å². The third kappa shape index (κ3) is 10.4. The number of hydrogen-bond donors (Lipinski definition) is 2. The number of nitrogens with one attached hydrogen (secondary N) is 1. The highest BCUT2D eigenvalue weighted by Crippen LogP contribution is 2.11. The third-order valence-electron chi connectivity index (χ3n) is 2.36. The first-order valence-corrected chi connectivity index (χ1v) is 7.00. The Morgan fingerprint density at radius 1 is 1.22 bits per heavy atom. The molecule has 0 amide bonds. The van der Waals surface area contributed by atoms with Crippen LogP contribution >= 0.6 is 0 Å². The lowest BCUT2D eigenvalue weighted by molar-refractivity contribution is -0.142. The fraction of sp³-hybridized carbons (Fsp3) is 0.727. The molecule has 0 fully saturated rings. The van der Waals surface area contributed by atoms with Gasteiger partial charge in [0.1, 0.15) is 0 Å². The monoisotopic (exact) mass is 281 g/mol. The van der Waals surface area contributed by atoms with Gasteiger partial charge in [-0.1, -0.05) is 32.3 Å². The molecule has 0 radical (unpaired) electrons. The minimum Gasteiger partial charge on any atom is -0.352 e. The molecule has 0 bridgehead atoms. The molecule has 106 valence electrons. The molecular weight excluding hydrogens is 261 g/mol.